The molecule has 0 heterocycles. The van der Waals surface area contributed by atoms with Crippen LogP contribution in [0.25, 0.3) is 0 Å². The van der Waals surface area contributed by atoms with Crippen molar-refractivity contribution in [2.75, 3.05) is 0 Å². The van der Waals surface area contributed by atoms with Crippen LogP contribution in [-0.4, -0.2) is 29.2 Å². The van der Waals surface area contributed by atoms with Crippen molar-refractivity contribution in [3.8, 4) is 0 Å². The van der Waals surface area contributed by atoms with E-state index < -0.39 is 5.97 Å². The summed E-state index contributed by atoms with van der Waals surface area (Å²) in [5, 5.41) is 14.6. The Balaban J connectivity index is 3.94. The predicted octanol–water partition coefficient (Wildman–Crippen LogP) is 3.00. The summed E-state index contributed by atoms with van der Waals surface area (Å²) >= 11 is 0. The van der Waals surface area contributed by atoms with Crippen LogP contribution in [0, 0.1) is 11.3 Å². The van der Waals surface area contributed by atoms with Crippen LogP contribution in [0.4, 0.5) is 4.79 Å². The highest BCUT2D eigenvalue weighted by Gasteiger charge is 2.22. The highest BCUT2D eigenvalue weighted by Crippen LogP contribution is 2.18. The van der Waals surface area contributed by atoms with E-state index in [4.69, 9.17) is 5.11 Å². The van der Waals surface area contributed by atoms with Gasteiger partial charge in [0.15, 0.2) is 0 Å². The zero-order valence-corrected chi connectivity index (χ0v) is 13.6. The molecular weight excluding hydrogens is 256 g/mol. The lowest BCUT2D eigenvalue weighted by Crippen LogP contribution is -2.48. The van der Waals surface area contributed by atoms with E-state index in [1.807, 2.05) is 13.8 Å². The molecule has 0 aliphatic rings. The summed E-state index contributed by atoms with van der Waals surface area (Å²) in [6.07, 6.45) is 2.22. The Kier molecular flexibility index (Phi) is 7.61. The van der Waals surface area contributed by atoms with Crippen LogP contribution in [0.5, 0.6) is 0 Å². The van der Waals surface area contributed by atoms with Gasteiger partial charge in [-0.2, -0.15) is 0 Å². The molecular formula is C15H30N2O3. The van der Waals surface area contributed by atoms with E-state index in [0.717, 1.165) is 12.8 Å². The molecule has 3 atom stereocenters. The molecule has 0 aromatic heterocycles. The quantitative estimate of drug-likeness (QED) is 0.673. The van der Waals surface area contributed by atoms with E-state index in [-0.39, 0.29) is 29.4 Å². The van der Waals surface area contributed by atoms with Crippen molar-refractivity contribution in [2.45, 2.75) is 72.9 Å². The fourth-order valence-electron chi connectivity index (χ4n) is 1.60. The smallest absolute Gasteiger partial charge is 0.315 e. The Morgan fingerprint density at radius 1 is 1.05 bits per heavy atom. The lowest BCUT2D eigenvalue weighted by Gasteiger charge is -2.28. The van der Waals surface area contributed by atoms with Gasteiger partial charge in [-0.25, -0.2) is 4.79 Å². The maximum absolute atomic E-state index is 11.8. The van der Waals surface area contributed by atoms with Gasteiger partial charge >= 0.3 is 12.0 Å². The molecule has 2 amide bonds. The second-order valence-electron chi connectivity index (χ2n) is 6.78. The number of hydrogen-bond donors (Lipinski definition) is 3. The summed E-state index contributed by atoms with van der Waals surface area (Å²) in [6.45, 7) is 11.9. The van der Waals surface area contributed by atoms with Crippen molar-refractivity contribution >= 4 is 12.0 Å². The summed E-state index contributed by atoms with van der Waals surface area (Å²) < 4.78 is 0. The largest absolute Gasteiger partial charge is 0.481 e. The minimum Gasteiger partial charge on any atom is -0.481 e. The minimum absolute atomic E-state index is 0.0253. The van der Waals surface area contributed by atoms with Gasteiger partial charge in [0.2, 0.25) is 0 Å². The Hall–Kier alpha value is -1.26. The van der Waals surface area contributed by atoms with E-state index in [1.165, 1.54) is 0 Å². The normalized spacial score (nSPS) is 16.1. The number of hydrogen-bond acceptors (Lipinski definition) is 2. The second-order valence-corrected chi connectivity index (χ2v) is 6.78. The number of carbonyl (C=O) groups excluding carboxylic acids is 1. The summed E-state index contributed by atoms with van der Waals surface area (Å²) in [4.78, 5) is 22.5. The number of carbonyl (C=O) groups is 2. The van der Waals surface area contributed by atoms with Crippen molar-refractivity contribution in [3.05, 3.63) is 0 Å². The Bertz CT molecular complexity index is 324. The van der Waals surface area contributed by atoms with Crippen molar-refractivity contribution < 1.29 is 14.7 Å². The summed E-state index contributed by atoms with van der Waals surface area (Å²) in [6, 6.07) is -0.0314. The van der Waals surface area contributed by atoms with Crippen LogP contribution in [-0.2, 0) is 4.79 Å². The zero-order valence-electron chi connectivity index (χ0n) is 13.6. The van der Waals surface area contributed by atoms with Gasteiger partial charge < -0.3 is 15.7 Å². The number of rotatable bonds is 7. The number of carboxylic acids is 1. The van der Waals surface area contributed by atoms with E-state index in [9.17, 15) is 9.59 Å². The number of carboxylic acid groups (broad SMARTS) is 1. The molecule has 0 saturated carbocycles. The summed E-state index contributed by atoms with van der Waals surface area (Å²) in [7, 11) is 0. The van der Waals surface area contributed by atoms with E-state index in [1.54, 1.807) is 6.92 Å². The molecule has 0 bridgehead atoms. The van der Waals surface area contributed by atoms with Crippen molar-refractivity contribution in [3.63, 3.8) is 0 Å². The molecule has 0 aliphatic heterocycles. The first kappa shape index (κ1) is 18.7. The number of aliphatic carboxylic acids is 1. The van der Waals surface area contributed by atoms with Crippen LogP contribution >= 0.6 is 0 Å². The number of amides is 2. The lowest BCUT2D eigenvalue weighted by atomic mass is 9.88. The molecule has 0 rings (SSSR count). The van der Waals surface area contributed by atoms with Crippen LogP contribution in [0.3, 0.4) is 0 Å². The Morgan fingerprint density at radius 3 is 2.05 bits per heavy atom. The molecule has 0 radical (unpaired) electrons. The molecule has 0 spiro atoms. The van der Waals surface area contributed by atoms with Gasteiger partial charge in [-0.3, -0.25) is 4.79 Å². The van der Waals surface area contributed by atoms with Gasteiger partial charge in [0.25, 0.3) is 0 Å². The van der Waals surface area contributed by atoms with Gasteiger partial charge in [0, 0.05) is 12.1 Å². The summed E-state index contributed by atoms with van der Waals surface area (Å²) in [5.74, 6) is -1.08. The van der Waals surface area contributed by atoms with Gasteiger partial charge in [0.1, 0.15) is 0 Å². The first-order chi connectivity index (χ1) is 9.04. The van der Waals surface area contributed by atoms with Crippen LogP contribution < -0.4 is 10.6 Å². The highest BCUT2D eigenvalue weighted by atomic mass is 16.4. The second kappa shape index (κ2) is 8.12. The van der Waals surface area contributed by atoms with E-state index in [0.29, 0.717) is 6.42 Å². The third-order valence-corrected chi connectivity index (χ3v) is 3.72. The predicted molar refractivity (Wildman–Crippen MR) is 80.7 cm³/mol. The fraction of sp³-hybridized carbons (Fsp3) is 0.867. The minimum atomic E-state index is -0.762. The van der Waals surface area contributed by atoms with Gasteiger partial charge in [-0.15, -0.1) is 0 Å². The van der Waals surface area contributed by atoms with Gasteiger partial charge in [-0.1, -0.05) is 34.1 Å². The SMILES string of the molecule is CC(CCCC(C)C(=O)O)NC(=O)NC(C)C(C)(C)C. The average Bonchev–Trinajstić information content (AvgIpc) is 2.26. The van der Waals surface area contributed by atoms with Crippen LogP contribution in [0.15, 0.2) is 0 Å². The molecule has 5 heteroatoms. The standard InChI is InChI=1S/C15H30N2O3/c1-10(13(18)19)8-7-9-11(2)16-14(20)17-12(3)15(4,5)6/h10-12H,7-9H2,1-6H3,(H,18,19)(H2,16,17,20). The Morgan fingerprint density at radius 2 is 1.60 bits per heavy atom. The molecule has 118 valence electrons. The van der Waals surface area contributed by atoms with Crippen molar-refractivity contribution in [1.29, 1.82) is 0 Å². The zero-order chi connectivity index (χ0) is 15.9. The van der Waals surface area contributed by atoms with E-state index >= 15 is 0 Å². The van der Waals surface area contributed by atoms with Gasteiger partial charge in [-0.05, 0) is 32.1 Å². The highest BCUT2D eigenvalue weighted by molar-refractivity contribution is 5.74. The molecule has 0 saturated heterocycles. The van der Waals surface area contributed by atoms with Crippen LogP contribution in [0.2, 0.25) is 0 Å². The number of urea groups is 1. The molecule has 0 aromatic rings. The van der Waals surface area contributed by atoms with Crippen LogP contribution in [0.1, 0.15) is 60.8 Å². The molecule has 0 aromatic carbocycles. The molecule has 0 aliphatic carbocycles. The van der Waals surface area contributed by atoms with Gasteiger partial charge in [0.05, 0.1) is 5.92 Å². The molecule has 20 heavy (non-hydrogen) atoms. The monoisotopic (exact) mass is 286 g/mol. The maximum Gasteiger partial charge on any atom is 0.315 e. The average molecular weight is 286 g/mol. The number of nitrogens with one attached hydrogen (secondary N) is 2. The lowest BCUT2D eigenvalue weighted by molar-refractivity contribution is -0.141. The molecule has 5 nitrogen and oxygen atoms in total. The maximum atomic E-state index is 11.8. The fourth-order valence-corrected chi connectivity index (χ4v) is 1.60. The summed E-state index contributed by atoms with van der Waals surface area (Å²) in [5.41, 5.74) is 0.0253. The molecule has 0 fully saturated rings. The van der Waals surface area contributed by atoms with E-state index in [2.05, 4.69) is 31.4 Å². The Labute approximate surface area is 122 Å². The van der Waals surface area contributed by atoms with Crippen molar-refractivity contribution in [1.82, 2.24) is 10.6 Å². The third-order valence-electron chi connectivity index (χ3n) is 3.72. The topological polar surface area (TPSA) is 78.4 Å². The third kappa shape index (κ3) is 8.02. The first-order valence-corrected chi connectivity index (χ1v) is 7.34. The molecule has 3 N–H and O–H groups in total. The first-order valence-electron chi connectivity index (χ1n) is 7.34. The molecule has 3 unspecified atom stereocenters. The van der Waals surface area contributed by atoms with Crippen molar-refractivity contribution in [2.24, 2.45) is 11.3 Å².